The van der Waals surface area contributed by atoms with Gasteiger partial charge in [-0.25, -0.2) is 0 Å². The van der Waals surface area contributed by atoms with Crippen molar-refractivity contribution in [3.63, 3.8) is 0 Å². The highest BCUT2D eigenvalue weighted by Crippen LogP contribution is 2.31. The predicted molar refractivity (Wildman–Crippen MR) is 70.5 cm³/mol. The van der Waals surface area contributed by atoms with Crippen LogP contribution < -0.4 is 5.73 Å². The van der Waals surface area contributed by atoms with Gasteiger partial charge in [-0.15, -0.1) is 0 Å². The van der Waals surface area contributed by atoms with Crippen LogP contribution in [-0.4, -0.2) is 0 Å². The first-order valence-corrected chi connectivity index (χ1v) is 5.53. The van der Waals surface area contributed by atoms with E-state index < -0.39 is 0 Å². The molecule has 2 aromatic carbocycles. The van der Waals surface area contributed by atoms with Crippen LogP contribution in [0.15, 0.2) is 36.4 Å². The van der Waals surface area contributed by atoms with E-state index in [0.717, 1.165) is 11.3 Å². The minimum absolute atomic E-state index is 0.898. The molecular formula is C15H17N. The van der Waals surface area contributed by atoms with Crippen molar-refractivity contribution in [3.05, 3.63) is 53.1 Å². The Balaban J connectivity index is 2.68. The SMILES string of the molecule is Cc1cc(-c2ccccc2)c(N)c(C)c1C. The lowest BCUT2D eigenvalue weighted by molar-refractivity contribution is 1.27. The number of benzene rings is 2. The first-order valence-electron chi connectivity index (χ1n) is 5.53. The average molecular weight is 211 g/mol. The van der Waals surface area contributed by atoms with Crippen molar-refractivity contribution in [1.29, 1.82) is 0 Å². The number of hydrogen-bond acceptors (Lipinski definition) is 1. The summed E-state index contributed by atoms with van der Waals surface area (Å²) in [4.78, 5) is 0. The fraction of sp³-hybridized carbons (Fsp3) is 0.200. The van der Waals surface area contributed by atoms with Crippen molar-refractivity contribution >= 4 is 5.69 Å². The van der Waals surface area contributed by atoms with Crippen molar-refractivity contribution in [2.24, 2.45) is 0 Å². The number of nitrogen functional groups attached to an aromatic ring is 1. The van der Waals surface area contributed by atoms with Crippen molar-refractivity contribution in [3.8, 4) is 11.1 Å². The van der Waals surface area contributed by atoms with Gasteiger partial charge in [-0.1, -0.05) is 30.3 Å². The van der Waals surface area contributed by atoms with Crippen LogP contribution in [0.4, 0.5) is 5.69 Å². The van der Waals surface area contributed by atoms with E-state index in [9.17, 15) is 0 Å². The fourth-order valence-corrected chi connectivity index (χ4v) is 1.96. The molecule has 0 aromatic heterocycles. The molecule has 0 fully saturated rings. The van der Waals surface area contributed by atoms with Crippen molar-refractivity contribution in [2.75, 3.05) is 5.73 Å². The second kappa shape index (κ2) is 4.01. The molecule has 82 valence electrons. The van der Waals surface area contributed by atoms with Crippen LogP contribution in [0, 0.1) is 20.8 Å². The summed E-state index contributed by atoms with van der Waals surface area (Å²) in [5.74, 6) is 0. The molecule has 0 aliphatic heterocycles. The maximum Gasteiger partial charge on any atom is 0.0426 e. The molecular weight excluding hydrogens is 194 g/mol. The zero-order valence-corrected chi connectivity index (χ0v) is 10.0. The molecule has 0 saturated heterocycles. The normalized spacial score (nSPS) is 10.4. The van der Waals surface area contributed by atoms with Gasteiger partial charge in [-0.05, 0) is 49.1 Å². The molecule has 0 aliphatic carbocycles. The van der Waals surface area contributed by atoms with Crippen LogP contribution >= 0.6 is 0 Å². The summed E-state index contributed by atoms with van der Waals surface area (Å²) in [7, 11) is 0. The predicted octanol–water partition coefficient (Wildman–Crippen LogP) is 3.86. The molecule has 0 aliphatic rings. The van der Waals surface area contributed by atoms with Crippen molar-refractivity contribution in [2.45, 2.75) is 20.8 Å². The smallest absolute Gasteiger partial charge is 0.0426 e. The van der Waals surface area contributed by atoms with Crippen LogP contribution in [0.3, 0.4) is 0 Å². The molecule has 1 nitrogen and oxygen atoms in total. The quantitative estimate of drug-likeness (QED) is 0.712. The molecule has 0 bridgehead atoms. The largest absolute Gasteiger partial charge is 0.398 e. The Labute approximate surface area is 96.9 Å². The average Bonchev–Trinajstić information content (AvgIpc) is 2.32. The van der Waals surface area contributed by atoms with Gasteiger partial charge in [0.05, 0.1) is 0 Å². The first-order chi connectivity index (χ1) is 7.61. The summed E-state index contributed by atoms with van der Waals surface area (Å²) < 4.78 is 0. The number of rotatable bonds is 1. The monoisotopic (exact) mass is 211 g/mol. The van der Waals surface area contributed by atoms with E-state index in [-0.39, 0.29) is 0 Å². The van der Waals surface area contributed by atoms with Gasteiger partial charge in [0.1, 0.15) is 0 Å². The number of aryl methyl sites for hydroxylation is 1. The Morgan fingerprint density at radius 1 is 0.875 bits per heavy atom. The van der Waals surface area contributed by atoms with Crippen LogP contribution in [0.5, 0.6) is 0 Å². The maximum atomic E-state index is 6.18. The lowest BCUT2D eigenvalue weighted by atomic mass is 9.94. The Morgan fingerprint density at radius 3 is 2.12 bits per heavy atom. The highest BCUT2D eigenvalue weighted by Gasteiger charge is 2.08. The summed E-state index contributed by atoms with van der Waals surface area (Å²) >= 11 is 0. The molecule has 2 N–H and O–H groups in total. The Bertz CT molecular complexity index is 513. The molecule has 0 heterocycles. The molecule has 1 heteroatoms. The molecule has 2 rings (SSSR count). The summed E-state index contributed by atoms with van der Waals surface area (Å²) in [6, 6.07) is 12.5. The Hall–Kier alpha value is -1.76. The first kappa shape index (κ1) is 10.7. The third-order valence-electron chi connectivity index (χ3n) is 3.29. The molecule has 0 radical (unpaired) electrons. The highest BCUT2D eigenvalue weighted by atomic mass is 14.6. The van der Waals surface area contributed by atoms with E-state index >= 15 is 0 Å². The van der Waals surface area contributed by atoms with E-state index in [1.807, 2.05) is 18.2 Å². The molecule has 2 aromatic rings. The Kier molecular flexibility index (Phi) is 2.69. The van der Waals surface area contributed by atoms with Gasteiger partial charge in [0.15, 0.2) is 0 Å². The standard InChI is InChI=1S/C15H17N/c1-10-9-14(13-7-5-4-6-8-13)15(16)12(3)11(10)2/h4-9H,16H2,1-3H3. The Morgan fingerprint density at radius 2 is 1.50 bits per heavy atom. The van der Waals surface area contributed by atoms with Gasteiger partial charge >= 0.3 is 0 Å². The topological polar surface area (TPSA) is 26.0 Å². The molecule has 0 unspecified atom stereocenters. The van der Waals surface area contributed by atoms with E-state index in [4.69, 9.17) is 5.73 Å². The van der Waals surface area contributed by atoms with E-state index in [1.54, 1.807) is 0 Å². The number of nitrogens with two attached hydrogens (primary N) is 1. The summed E-state index contributed by atoms with van der Waals surface area (Å²) in [5, 5.41) is 0. The third kappa shape index (κ3) is 1.69. The second-order valence-electron chi connectivity index (χ2n) is 4.27. The fourth-order valence-electron chi connectivity index (χ4n) is 1.96. The van der Waals surface area contributed by atoms with E-state index in [1.165, 1.54) is 22.3 Å². The second-order valence-corrected chi connectivity index (χ2v) is 4.27. The van der Waals surface area contributed by atoms with Crippen LogP contribution in [0.25, 0.3) is 11.1 Å². The molecule has 0 amide bonds. The summed E-state index contributed by atoms with van der Waals surface area (Å²) in [5.41, 5.74) is 13.2. The zero-order valence-electron chi connectivity index (χ0n) is 10.0. The third-order valence-corrected chi connectivity index (χ3v) is 3.29. The minimum Gasteiger partial charge on any atom is -0.398 e. The van der Waals surface area contributed by atoms with Gasteiger partial charge in [0, 0.05) is 11.3 Å². The summed E-state index contributed by atoms with van der Waals surface area (Å²) in [6.07, 6.45) is 0. The van der Waals surface area contributed by atoms with Gasteiger partial charge in [0.2, 0.25) is 0 Å². The van der Waals surface area contributed by atoms with Crippen molar-refractivity contribution in [1.82, 2.24) is 0 Å². The molecule has 0 saturated carbocycles. The van der Waals surface area contributed by atoms with Crippen LogP contribution in [-0.2, 0) is 0 Å². The highest BCUT2D eigenvalue weighted by molar-refractivity contribution is 5.80. The van der Waals surface area contributed by atoms with Crippen molar-refractivity contribution < 1.29 is 0 Å². The van der Waals surface area contributed by atoms with Gasteiger partial charge in [-0.2, -0.15) is 0 Å². The maximum absolute atomic E-state index is 6.18. The van der Waals surface area contributed by atoms with Gasteiger partial charge < -0.3 is 5.73 Å². The minimum atomic E-state index is 0.898. The van der Waals surface area contributed by atoms with Crippen LogP contribution in [0.1, 0.15) is 16.7 Å². The van der Waals surface area contributed by atoms with Gasteiger partial charge in [-0.3, -0.25) is 0 Å². The summed E-state index contributed by atoms with van der Waals surface area (Å²) in [6.45, 7) is 6.34. The zero-order chi connectivity index (χ0) is 11.7. The van der Waals surface area contributed by atoms with E-state index in [2.05, 4.69) is 39.0 Å². The van der Waals surface area contributed by atoms with Crippen LogP contribution in [0.2, 0.25) is 0 Å². The lowest BCUT2D eigenvalue weighted by Gasteiger charge is -2.14. The lowest BCUT2D eigenvalue weighted by Crippen LogP contribution is -1.98. The number of anilines is 1. The molecule has 0 atom stereocenters. The van der Waals surface area contributed by atoms with E-state index in [0.29, 0.717) is 0 Å². The molecule has 0 spiro atoms. The number of hydrogen-bond donors (Lipinski definition) is 1. The van der Waals surface area contributed by atoms with Gasteiger partial charge in [0.25, 0.3) is 0 Å². The molecule has 16 heavy (non-hydrogen) atoms.